The molecule has 1 aliphatic rings. The van der Waals surface area contributed by atoms with Crippen LogP contribution in [0.1, 0.15) is 53.8 Å². The summed E-state index contributed by atoms with van der Waals surface area (Å²) in [6.07, 6.45) is 1.78. The first kappa shape index (κ1) is 14.2. The monoisotopic (exact) mass is 275 g/mol. The summed E-state index contributed by atoms with van der Waals surface area (Å²) in [6, 6.07) is 6.42. The molecule has 1 heterocycles. The average molecular weight is 275 g/mol. The number of hydrogen-bond acceptors (Lipinski definition) is 4. The Kier molecular flexibility index (Phi) is 4.17. The maximum Gasteiger partial charge on any atom is 0.333 e. The molecule has 1 aliphatic heterocycles. The zero-order valence-electron chi connectivity index (χ0n) is 11.6. The van der Waals surface area contributed by atoms with Gasteiger partial charge in [0.05, 0.1) is 11.1 Å². The van der Waals surface area contributed by atoms with Crippen molar-refractivity contribution in [2.75, 3.05) is 0 Å². The van der Waals surface area contributed by atoms with Gasteiger partial charge in [-0.2, -0.15) is 0 Å². The molecule has 0 aliphatic carbocycles. The van der Waals surface area contributed by atoms with Gasteiger partial charge in [0.2, 0.25) is 0 Å². The highest BCUT2D eigenvalue weighted by Gasteiger charge is 2.38. The van der Waals surface area contributed by atoms with Crippen molar-refractivity contribution in [3.8, 4) is 0 Å². The Balaban J connectivity index is 1.97. The zero-order chi connectivity index (χ0) is 14.7. The maximum atomic E-state index is 12.0. The minimum absolute atomic E-state index is 0.200. The molecule has 1 aromatic rings. The molecular formula is C15H17NO4. The zero-order valence-corrected chi connectivity index (χ0v) is 11.6. The minimum Gasteiger partial charge on any atom is -0.330 e. The number of benzene rings is 1. The Morgan fingerprint density at radius 1 is 1.15 bits per heavy atom. The third-order valence-electron chi connectivity index (χ3n) is 3.11. The summed E-state index contributed by atoms with van der Waals surface area (Å²) in [4.78, 5) is 40.5. The number of hydroxylamine groups is 2. The molecule has 0 N–H and O–H groups in total. The van der Waals surface area contributed by atoms with E-state index in [-0.39, 0.29) is 17.5 Å². The molecule has 20 heavy (non-hydrogen) atoms. The van der Waals surface area contributed by atoms with Crippen molar-refractivity contribution >= 4 is 17.8 Å². The molecule has 2 rings (SSSR count). The van der Waals surface area contributed by atoms with Gasteiger partial charge in [-0.25, -0.2) is 4.79 Å². The second-order valence-electron chi connectivity index (χ2n) is 5.20. The molecule has 0 saturated carbocycles. The number of nitrogens with zero attached hydrogens (tertiary/aromatic N) is 1. The number of carbonyl (C=O) groups excluding carboxylic acids is 3. The Hall–Kier alpha value is -2.17. The van der Waals surface area contributed by atoms with E-state index in [0.29, 0.717) is 17.4 Å². The SMILES string of the molecule is CC(C)CCCC(=O)ON1C(=O)c2ccccc2C1=O. The number of rotatable bonds is 5. The van der Waals surface area contributed by atoms with Crippen LogP contribution >= 0.6 is 0 Å². The second-order valence-corrected chi connectivity index (χ2v) is 5.20. The first-order valence-electron chi connectivity index (χ1n) is 6.69. The van der Waals surface area contributed by atoms with Crippen LogP contribution < -0.4 is 0 Å². The van der Waals surface area contributed by atoms with Gasteiger partial charge in [0.25, 0.3) is 11.8 Å². The molecular weight excluding hydrogens is 258 g/mol. The molecule has 2 amide bonds. The van der Waals surface area contributed by atoms with Gasteiger partial charge in [0, 0.05) is 6.42 Å². The molecule has 106 valence electrons. The van der Waals surface area contributed by atoms with Crippen molar-refractivity contribution < 1.29 is 19.2 Å². The number of imide groups is 1. The van der Waals surface area contributed by atoms with Crippen molar-refractivity contribution in [1.29, 1.82) is 0 Å². The van der Waals surface area contributed by atoms with Crippen LogP contribution in [-0.2, 0) is 9.63 Å². The quantitative estimate of drug-likeness (QED) is 0.775. The first-order valence-corrected chi connectivity index (χ1v) is 6.69. The van der Waals surface area contributed by atoms with Crippen LogP contribution in [0.4, 0.5) is 0 Å². The summed E-state index contributed by atoms with van der Waals surface area (Å²) >= 11 is 0. The number of amides is 2. The highest BCUT2D eigenvalue weighted by Crippen LogP contribution is 2.23. The fourth-order valence-corrected chi connectivity index (χ4v) is 2.05. The predicted octanol–water partition coefficient (Wildman–Crippen LogP) is 2.57. The Morgan fingerprint density at radius 2 is 1.70 bits per heavy atom. The molecule has 0 unspecified atom stereocenters. The molecule has 0 atom stereocenters. The van der Waals surface area contributed by atoms with Gasteiger partial charge in [0.15, 0.2) is 0 Å². The molecule has 0 spiro atoms. The second kappa shape index (κ2) is 5.86. The molecule has 0 saturated heterocycles. The molecule has 0 radical (unpaired) electrons. The van der Waals surface area contributed by atoms with Crippen molar-refractivity contribution in [2.45, 2.75) is 33.1 Å². The van der Waals surface area contributed by atoms with E-state index < -0.39 is 17.8 Å². The lowest BCUT2D eigenvalue weighted by Crippen LogP contribution is -2.32. The summed E-state index contributed by atoms with van der Waals surface area (Å²) < 4.78 is 0. The van der Waals surface area contributed by atoms with Gasteiger partial charge in [-0.3, -0.25) is 9.59 Å². The van der Waals surface area contributed by atoms with Crippen LogP contribution in [0, 0.1) is 5.92 Å². The lowest BCUT2D eigenvalue weighted by molar-refractivity contribution is -0.168. The molecule has 0 aromatic heterocycles. The highest BCUT2D eigenvalue weighted by atomic mass is 16.7. The van der Waals surface area contributed by atoms with Gasteiger partial charge in [-0.05, 0) is 24.5 Å². The van der Waals surface area contributed by atoms with Crippen LogP contribution in [-0.4, -0.2) is 22.8 Å². The summed E-state index contributed by atoms with van der Waals surface area (Å²) in [5.41, 5.74) is 0.542. The van der Waals surface area contributed by atoms with Gasteiger partial charge < -0.3 is 4.84 Å². The highest BCUT2D eigenvalue weighted by molar-refractivity contribution is 6.20. The first-order chi connectivity index (χ1) is 9.50. The van der Waals surface area contributed by atoms with Crippen LogP contribution in [0.5, 0.6) is 0 Å². The molecule has 5 nitrogen and oxygen atoms in total. The number of hydrogen-bond donors (Lipinski definition) is 0. The van der Waals surface area contributed by atoms with E-state index in [4.69, 9.17) is 4.84 Å². The lowest BCUT2D eigenvalue weighted by atomic mass is 10.1. The average Bonchev–Trinajstić information content (AvgIpc) is 2.64. The van der Waals surface area contributed by atoms with E-state index in [2.05, 4.69) is 13.8 Å². The number of fused-ring (bicyclic) bond motifs is 1. The van der Waals surface area contributed by atoms with E-state index >= 15 is 0 Å². The van der Waals surface area contributed by atoms with Crippen LogP contribution in [0.25, 0.3) is 0 Å². The summed E-state index contributed by atoms with van der Waals surface area (Å²) in [5.74, 6) is -1.21. The van der Waals surface area contributed by atoms with Gasteiger partial charge in [-0.15, -0.1) is 0 Å². The van der Waals surface area contributed by atoms with Crippen molar-refractivity contribution in [1.82, 2.24) is 5.06 Å². The van der Waals surface area contributed by atoms with Crippen molar-refractivity contribution in [3.63, 3.8) is 0 Å². The minimum atomic E-state index is -0.581. The third kappa shape index (κ3) is 2.87. The number of carbonyl (C=O) groups is 3. The standard InChI is InChI=1S/C15H17NO4/c1-10(2)6-5-9-13(17)20-16-14(18)11-7-3-4-8-12(11)15(16)19/h3-4,7-8,10H,5-6,9H2,1-2H3. The lowest BCUT2D eigenvalue weighted by Gasteiger charge is -2.12. The van der Waals surface area contributed by atoms with E-state index in [9.17, 15) is 14.4 Å². The van der Waals surface area contributed by atoms with E-state index in [1.54, 1.807) is 24.3 Å². The largest absolute Gasteiger partial charge is 0.333 e. The van der Waals surface area contributed by atoms with Gasteiger partial charge in [-0.1, -0.05) is 37.5 Å². The maximum absolute atomic E-state index is 12.0. The predicted molar refractivity (Wildman–Crippen MR) is 71.7 cm³/mol. The topological polar surface area (TPSA) is 63.7 Å². The summed E-state index contributed by atoms with van der Waals surface area (Å²) in [7, 11) is 0. The summed E-state index contributed by atoms with van der Waals surface area (Å²) in [6.45, 7) is 4.13. The van der Waals surface area contributed by atoms with Gasteiger partial charge in [0.1, 0.15) is 0 Å². The fraction of sp³-hybridized carbons (Fsp3) is 0.400. The summed E-state index contributed by atoms with van der Waals surface area (Å²) in [5, 5.41) is 0.558. The van der Waals surface area contributed by atoms with Crippen molar-refractivity contribution in [2.24, 2.45) is 5.92 Å². The molecule has 1 aromatic carbocycles. The Bertz CT molecular complexity index is 516. The molecule has 5 heteroatoms. The Labute approximate surface area is 117 Å². The molecule has 0 fully saturated rings. The van der Waals surface area contributed by atoms with Crippen LogP contribution in [0.15, 0.2) is 24.3 Å². The van der Waals surface area contributed by atoms with E-state index in [0.717, 1.165) is 6.42 Å². The van der Waals surface area contributed by atoms with E-state index in [1.807, 2.05) is 0 Å². The molecule has 0 bridgehead atoms. The van der Waals surface area contributed by atoms with Gasteiger partial charge >= 0.3 is 5.97 Å². The Morgan fingerprint density at radius 3 is 2.20 bits per heavy atom. The third-order valence-corrected chi connectivity index (χ3v) is 3.11. The van der Waals surface area contributed by atoms with Crippen molar-refractivity contribution in [3.05, 3.63) is 35.4 Å². The van der Waals surface area contributed by atoms with Crippen LogP contribution in [0.2, 0.25) is 0 Å². The fourth-order valence-electron chi connectivity index (χ4n) is 2.05. The smallest absolute Gasteiger partial charge is 0.330 e. The van der Waals surface area contributed by atoms with Crippen LogP contribution in [0.3, 0.4) is 0 Å². The normalized spacial score (nSPS) is 13.8. The van der Waals surface area contributed by atoms with E-state index in [1.165, 1.54) is 0 Å².